The molecule has 0 fully saturated rings. The lowest BCUT2D eigenvalue weighted by molar-refractivity contribution is 0.0316. The van der Waals surface area contributed by atoms with Crippen LogP contribution in [0.3, 0.4) is 0 Å². The molecule has 0 saturated heterocycles. The molecule has 0 aliphatic rings. The van der Waals surface area contributed by atoms with E-state index in [1.54, 1.807) is 25.3 Å². The number of thiophene rings is 1. The number of ether oxygens (including phenoxy) is 2. The minimum Gasteiger partial charge on any atom is -0.465 e. The zero-order valence-electron chi connectivity index (χ0n) is 18.3. The van der Waals surface area contributed by atoms with Crippen molar-refractivity contribution in [1.82, 2.24) is 4.98 Å². The van der Waals surface area contributed by atoms with Gasteiger partial charge in [-0.15, -0.1) is 11.3 Å². The van der Waals surface area contributed by atoms with Crippen LogP contribution in [0.2, 0.25) is 0 Å². The predicted molar refractivity (Wildman–Crippen MR) is 122 cm³/mol. The molecule has 0 spiro atoms. The van der Waals surface area contributed by atoms with Gasteiger partial charge in [0, 0.05) is 11.4 Å². The first-order valence-electron chi connectivity index (χ1n) is 9.74. The van der Waals surface area contributed by atoms with Crippen molar-refractivity contribution in [3.05, 3.63) is 69.9 Å². The third-order valence-corrected chi connectivity index (χ3v) is 7.64. The number of esters is 2. The molecule has 11 heteroatoms. The summed E-state index contributed by atoms with van der Waals surface area (Å²) in [5.41, 5.74) is 1.73. The second-order valence-electron chi connectivity index (χ2n) is 7.14. The Morgan fingerprint density at radius 3 is 2.30 bits per heavy atom. The maximum Gasteiger partial charge on any atom is 0.339 e. The third kappa shape index (κ3) is 5.15. The predicted octanol–water partition coefficient (Wildman–Crippen LogP) is 3.71. The number of anilines is 1. The Labute approximate surface area is 194 Å². The number of benzene rings is 1. The molecule has 174 valence electrons. The minimum absolute atomic E-state index is 0.142. The Hall–Kier alpha value is -3.44. The van der Waals surface area contributed by atoms with Crippen molar-refractivity contribution in [3.63, 3.8) is 0 Å². The molecule has 0 radical (unpaired) electrons. The maximum absolute atomic E-state index is 12.8. The molecule has 0 amide bonds. The number of sulfonamides is 1. The fourth-order valence-electron chi connectivity index (χ4n) is 3.19. The van der Waals surface area contributed by atoms with Crippen LogP contribution in [-0.2, 0) is 19.5 Å². The van der Waals surface area contributed by atoms with Gasteiger partial charge in [-0.25, -0.2) is 18.0 Å². The molecule has 2 aromatic heterocycles. The van der Waals surface area contributed by atoms with E-state index in [4.69, 9.17) is 9.47 Å². The van der Waals surface area contributed by atoms with Crippen molar-refractivity contribution in [2.24, 2.45) is 0 Å². The molecule has 3 rings (SSSR count). The van der Waals surface area contributed by atoms with Gasteiger partial charge in [0.2, 0.25) is 5.78 Å². The summed E-state index contributed by atoms with van der Waals surface area (Å²) >= 11 is 1.09. The molecule has 2 heterocycles. The number of hydrogen-bond donors (Lipinski definition) is 2. The van der Waals surface area contributed by atoms with E-state index in [0.717, 1.165) is 11.3 Å². The molecule has 0 unspecified atom stereocenters. The van der Waals surface area contributed by atoms with Gasteiger partial charge in [-0.05, 0) is 62.0 Å². The molecule has 0 bridgehead atoms. The Kier molecular flexibility index (Phi) is 7.04. The molecule has 1 aromatic carbocycles. The number of aryl methyl sites for hydroxylation is 1. The summed E-state index contributed by atoms with van der Waals surface area (Å²) < 4.78 is 37.2. The first-order chi connectivity index (χ1) is 15.5. The number of aromatic nitrogens is 1. The molecule has 1 atom stereocenters. The third-order valence-electron chi connectivity index (χ3n) is 4.86. The van der Waals surface area contributed by atoms with Gasteiger partial charge in [-0.2, -0.15) is 0 Å². The number of methoxy groups -OCH3 is 1. The normalized spacial score (nSPS) is 12.1. The fraction of sp³-hybridized carbons (Fsp3) is 0.227. The van der Waals surface area contributed by atoms with Crippen molar-refractivity contribution in [2.45, 2.75) is 31.1 Å². The van der Waals surface area contributed by atoms with Gasteiger partial charge < -0.3 is 14.5 Å². The van der Waals surface area contributed by atoms with Gasteiger partial charge in [0.1, 0.15) is 4.21 Å². The van der Waals surface area contributed by atoms with Crippen LogP contribution < -0.4 is 4.72 Å². The number of nitrogens with one attached hydrogen (secondary N) is 2. The highest BCUT2D eigenvalue weighted by Crippen LogP contribution is 2.22. The van der Waals surface area contributed by atoms with Crippen LogP contribution in [-0.4, -0.2) is 44.3 Å². The van der Waals surface area contributed by atoms with E-state index in [2.05, 4.69) is 9.71 Å². The Balaban J connectivity index is 1.69. The molecular weight excluding hydrogens is 468 g/mol. The Bertz CT molecular complexity index is 1290. The van der Waals surface area contributed by atoms with Gasteiger partial charge in [0.05, 0.1) is 23.9 Å². The number of aromatic amines is 1. The largest absolute Gasteiger partial charge is 0.465 e. The van der Waals surface area contributed by atoms with Crippen LogP contribution in [0.25, 0.3) is 0 Å². The van der Waals surface area contributed by atoms with E-state index in [-0.39, 0.29) is 26.7 Å². The average molecular weight is 491 g/mol. The summed E-state index contributed by atoms with van der Waals surface area (Å²) in [5.74, 6) is -1.82. The standard InChI is InChI=1S/C22H22N2O7S2/c1-12-18(22(27)30-4)13(2)23-19(12)20(25)14(3)31-21(26)15-7-9-16(10-8-15)24-33(28,29)17-6-5-11-32-17/h5-11,14,23-24H,1-4H3/t14-/m1/s1. The summed E-state index contributed by atoms with van der Waals surface area (Å²) in [7, 11) is -2.46. The topological polar surface area (TPSA) is 132 Å². The van der Waals surface area contributed by atoms with Crippen molar-refractivity contribution in [2.75, 3.05) is 11.8 Å². The monoisotopic (exact) mass is 490 g/mol. The fourth-order valence-corrected chi connectivity index (χ4v) is 5.24. The van der Waals surface area contributed by atoms with E-state index in [9.17, 15) is 22.8 Å². The van der Waals surface area contributed by atoms with Crippen molar-refractivity contribution in [3.8, 4) is 0 Å². The first kappa shape index (κ1) is 24.2. The SMILES string of the molecule is COC(=O)c1c(C)[nH]c(C(=O)[C@@H](C)OC(=O)c2ccc(NS(=O)(=O)c3cccs3)cc2)c1C. The molecule has 2 N–H and O–H groups in total. The molecule has 0 saturated carbocycles. The number of rotatable bonds is 8. The van der Waals surface area contributed by atoms with E-state index in [1.165, 1.54) is 44.4 Å². The smallest absolute Gasteiger partial charge is 0.339 e. The number of Topliss-reactive ketones (excluding diaryl/α,β-unsaturated/α-hetero) is 1. The van der Waals surface area contributed by atoms with E-state index in [1.807, 2.05) is 0 Å². The molecule has 33 heavy (non-hydrogen) atoms. The zero-order valence-corrected chi connectivity index (χ0v) is 19.9. The van der Waals surface area contributed by atoms with Crippen molar-refractivity contribution in [1.29, 1.82) is 0 Å². The van der Waals surface area contributed by atoms with Gasteiger partial charge in [-0.3, -0.25) is 9.52 Å². The van der Waals surface area contributed by atoms with Gasteiger partial charge in [0.25, 0.3) is 10.0 Å². The first-order valence-corrected chi connectivity index (χ1v) is 12.1. The number of carbonyl (C=O) groups excluding carboxylic acids is 3. The van der Waals surface area contributed by atoms with Crippen molar-refractivity contribution < 1.29 is 32.3 Å². The number of H-pyrrole nitrogens is 1. The lowest BCUT2D eigenvalue weighted by Crippen LogP contribution is -2.25. The number of ketones is 1. The summed E-state index contributed by atoms with van der Waals surface area (Å²) in [6.07, 6.45) is -1.13. The lowest BCUT2D eigenvalue weighted by Gasteiger charge is -2.13. The summed E-state index contributed by atoms with van der Waals surface area (Å²) in [6, 6.07) is 8.76. The van der Waals surface area contributed by atoms with Crippen molar-refractivity contribution >= 4 is 44.8 Å². The molecule has 0 aliphatic carbocycles. The highest BCUT2D eigenvalue weighted by Gasteiger charge is 2.27. The van der Waals surface area contributed by atoms with E-state index in [0.29, 0.717) is 11.3 Å². The quantitative estimate of drug-likeness (QED) is 0.363. The van der Waals surface area contributed by atoms with Gasteiger partial charge >= 0.3 is 11.9 Å². The number of hydrogen-bond acceptors (Lipinski definition) is 8. The zero-order chi connectivity index (χ0) is 24.3. The molecular formula is C22H22N2O7S2. The van der Waals surface area contributed by atoms with Crippen LogP contribution >= 0.6 is 11.3 Å². The van der Waals surface area contributed by atoms with Crippen LogP contribution in [0.4, 0.5) is 5.69 Å². The second kappa shape index (κ2) is 9.59. The highest BCUT2D eigenvalue weighted by atomic mass is 32.2. The van der Waals surface area contributed by atoms with Crippen LogP contribution in [0.5, 0.6) is 0 Å². The Morgan fingerprint density at radius 2 is 1.73 bits per heavy atom. The van der Waals surface area contributed by atoms with Crippen LogP contribution in [0.1, 0.15) is 49.4 Å². The van der Waals surface area contributed by atoms with Crippen LogP contribution in [0, 0.1) is 13.8 Å². The minimum atomic E-state index is -3.71. The molecule has 9 nitrogen and oxygen atoms in total. The van der Waals surface area contributed by atoms with Gasteiger partial charge in [-0.1, -0.05) is 6.07 Å². The maximum atomic E-state index is 12.8. The molecule has 3 aromatic rings. The number of carbonyl (C=O) groups is 3. The lowest BCUT2D eigenvalue weighted by atomic mass is 10.1. The van der Waals surface area contributed by atoms with Crippen LogP contribution in [0.15, 0.2) is 46.0 Å². The van der Waals surface area contributed by atoms with Gasteiger partial charge in [0.15, 0.2) is 6.10 Å². The Morgan fingerprint density at radius 1 is 1.06 bits per heavy atom. The van der Waals surface area contributed by atoms with E-state index >= 15 is 0 Å². The summed E-state index contributed by atoms with van der Waals surface area (Å²) in [6.45, 7) is 4.67. The second-order valence-corrected chi connectivity index (χ2v) is 10.0. The summed E-state index contributed by atoms with van der Waals surface area (Å²) in [5, 5.41) is 1.66. The highest BCUT2D eigenvalue weighted by molar-refractivity contribution is 7.94. The van der Waals surface area contributed by atoms with E-state index < -0.39 is 33.8 Å². The summed E-state index contributed by atoms with van der Waals surface area (Å²) in [4.78, 5) is 40.1. The molecule has 0 aliphatic heterocycles. The average Bonchev–Trinajstić information content (AvgIpc) is 3.42.